The topological polar surface area (TPSA) is 81.4 Å². The van der Waals surface area contributed by atoms with Gasteiger partial charge in [0.05, 0.1) is 18.3 Å². The number of hydrogen-bond acceptors (Lipinski definition) is 4. The standard InChI is InChI=1S/C14H14N2O4/c1-10-8-13(17)16(15-9-10)6-7-20-12-4-2-11(3-5-12)14(18)19/h2-5,8-9H,6-7H2,1H3,(H,18,19). The molecular formula is C14H14N2O4. The highest BCUT2D eigenvalue weighted by Gasteiger charge is 2.02. The number of carboxylic acids is 1. The van der Waals surface area contributed by atoms with Crippen molar-refractivity contribution in [2.24, 2.45) is 0 Å². The summed E-state index contributed by atoms with van der Waals surface area (Å²) in [6.07, 6.45) is 1.61. The number of benzene rings is 1. The van der Waals surface area contributed by atoms with Gasteiger partial charge in [-0.2, -0.15) is 5.10 Å². The molecule has 2 aromatic rings. The first-order valence-electron chi connectivity index (χ1n) is 6.06. The average Bonchev–Trinajstić information content (AvgIpc) is 2.42. The van der Waals surface area contributed by atoms with E-state index in [4.69, 9.17) is 9.84 Å². The lowest BCUT2D eigenvalue weighted by atomic mass is 10.2. The Morgan fingerprint density at radius 3 is 2.65 bits per heavy atom. The molecule has 0 spiro atoms. The molecule has 0 saturated carbocycles. The first kappa shape index (κ1) is 13.8. The van der Waals surface area contributed by atoms with Crippen LogP contribution in [0.15, 0.2) is 41.3 Å². The molecule has 1 heterocycles. The Kier molecular flexibility index (Phi) is 4.14. The van der Waals surface area contributed by atoms with Crippen molar-refractivity contribution in [1.29, 1.82) is 0 Å². The number of ether oxygens (including phenoxy) is 1. The van der Waals surface area contributed by atoms with Crippen LogP contribution in [-0.4, -0.2) is 27.5 Å². The van der Waals surface area contributed by atoms with Gasteiger partial charge >= 0.3 is 5.97 Å². The van der Waals surface area contributed by atoms with Crippen molar-refractivity contribution in [2.45, 2.75) is 13.5 Å². The molecule has 0 amide bonds. The molecule has 0 fully saturated rings. The zero-order chi connectivity index (χ0) is 14.5. The van der Waals surface area contributed by atoms with Gasteiger partial charge in [-0.05, 0) is 36.8 Å². The summed E-state index contributed by atoms with van der Waals surface area (Å²) in [6, 6.07) is 7.60. The molecule has 20 heavy (non-hydrogen) atoms. The largest absolute Gasteiger partial charge is 0.492 e. The van der Waals surface area contributed by atoms with Crippen molar-refractivity contribution in [2.75, 3.05) is 6.61 Å². The maximum atomic E-state index is 11.6. The molecule has 1 aromatic carbocycles. The molecule has 0 atom stereocenters. The van der Waals surface area contributed by atoms with Crippen LogP contribution in [0.5, 0.6) is 5.75 Å². The van der Waals surface area contributed by atoms with Crippen LogP contribution in [0.2, 0.25) is 0 Å². The number of aryl methyl sites for hydroxylation is 1. The van der Waals surface area contributed by atoms with E-state index < -0.39 is 5.97 Å². The highest BCUT2D eigenvalue weighted by Crippen LogP contribution is 2.11. The third-order valence-corrected chi connectivity index (χ3v) is 2.68. The lowest BCUT2D eigenvalue weighted by molar-refractivity contribution is 0.0697. The van der Waals surface area contributed by atoms with E-state index in [2.05, 4.69) is 5.10 Å². The molecule has 6 nitrogen and oxygen atoms in total. The van der Waals surface area contributed by atoms with E-state index in [1.165, 1.54) is 22.9 Å². The number of carbonyl (C=O) groups is 1. The fraction of sp³-hybridized carbons (Fsp3) is 0.214. The van der Waals surface area contributed by atoms with Gasteiger partial charge in [0, 0.05) is 6.07 Å². The predicted octanol–water partition coefficient (Wildman–Crippen LogP) is 1.33. The third kappa shape index (κ3) is 3.44. The van der Waals surface area contributed by atoms with Crippen molar-refractivity contribution in [3.05, 3.63) is 58.0 Å². The SMILES string of the molecule is Cc1cnn(CCOc2ccc(C(=O)O)cc2)c(=O)c1. The summed E-state index contributed by atoms with van der Waals surface area (Å²) in [6.45, 7) is 2.42. The fourth-order valence-corrected chi connectivity index (χ4v) is 1.64. The Bertz CT molecular complexity index is 662. The number of hydrogen-bond donors (Lipinski definition) is 1. The lowest BCUT2D eigenvalue weighted by Gasteiger charge is -2.07. The Balaban J connectivity index is 1.92. The first-order valence-corrected chi connectivity index (χ1v) is 6.06. The molecule has 0 bridgehead atoms. The van der Waals surface area contributed by atoms with E-state index >= 15 is 0 Å². The molecule has 0 aliphatic heterocycles. The monoisotopic (exact) mass is 274 g/mol. The van der Waals surface area contributed by atoms with E-state index in [-0.39, 0.29) is 17.7 Å². The maximum absolute atomic E-state index is 11.6. The minimum absolute atomic E-state index is 0.171. The summed E-state index contributed by atoms with van der Waals surface area (Å²) < 4.78 is 6.76. The molecule has 1 aromatic heterocycles. The van der Waals surface area contributed by atoms with Crippen molar-refractivity contribution in [3.8, 4) is 5.75 Å². The van der Waals surface area contributed by atoms with Crippen LogP contribution in [0.1, 0.15) is 15.9 Å². The van der Waals surface area contributed by atoms with Crippen LogP contribution in [-0.2, 0) is 6.54 Å². The first-order chi connectivity index (χ1) is 9.56. The molecule has 6 heteroatoms. The van der Waals surface area contributed by atoms with Crippen molar-refractivity contribution >= 4 is 5.97 Å². The molecule has 0 saturated heterocycles. The van der Waals surface area contributed by atoms with Crippen LogP contribution in [0.3, 0.4) is 0 Å². The van der Waals surface area contributed by atoms with Crippen molar-refractivity contribution in [1.82, 2.24) is 9.78 Å². The van der Waals surface area contributed by atoms with Gasteiger partial charge in [0.2, 0.25) is 0 Å². The Hall–Kier alpha value is -2.63. The quantitative estimate of drug-likeness (QED) is 0.889. The average molecular weight is 274 g/mol. The van der Waals surface area contributed by atoms with Crippen LogP contribution < -0.4 is 10.3 Å². The fourth-order valence-electron chi connectivity index (χ4n) is 1.64. The molecule has 0 aliphatic carbocycles. The number of rotatable bonds is 5. The van der Waals surface area contributed by atoms with Gasteiger partial charge in [-0.1, -0.05) is 0 Å². The summed E-state index contributed by atoms with van der Waals surface area (Å²) in [4.78, 5) is 22.3. The minimum Gasteiger partial charge on any atom is -0.492 e. The Morgan fingerprint density at radius 2 is 2.05 bits per heavy atom. The number of aromatic nitrogens is 2. The summed E-state index contributed by atoms with van der Waals surface area (Å²) in [5.74, 6) is -0.429. The van der Waals surface area contributed by atoms with Gasteiger partial charge in [-0.15, -0.1) is 0 Å². The summed E-state index contributed by atoms with van der Waals surface area (Å²) in [5.41, 5.74) is 0.847. The zero-order valence-corrected chi connectivity index (χ0v) is 10.9. The van der Waals surface area contributed by atoms with Gasteiger partial charge < -0.3 is 9.84 Å². The molecule has 0 aliphatic rings. The Morgan fingerprint density at radius 1 is 1.35 bits per heavy atom. The van der Waals surface area contributed by atoms with E-state index in [0.717, 1.165) is 5.56 Å². The van der Waals surface area contributed by atoms with Crippen LogP contribution in [0.25, 0.3) is 0 Å². The van der Waals surface area contributed by atoms with Crippen molar-refractivity contribution in [3.63, 3.8) is 0 Å². The maximum Gasteiger partial charge on any atom is 0.335 e. The third-order valence-electron chi connectivity index (χ3n) is 2.68. The zero-order valence-electron chi connectivity index (χ0n) is 10.9. The van der Waals surface area contributed by atoms with Crippen LogP contribution >= 0.6 is 0 Å². The van der Waals surface area contributed by atoms with Gasteiger partial charge in [0.1, 0.15) is 12.4 Å². The molecule has 104 valence electrons. The second-order valence-corrected chi connectivity index (χ2v) is 4.27. The molecule has 0 unspecified atom stereocenters. The van der Waals surface area contributed by atoms with Gasteiger partial charge in [-0.25, -0.2) is 9.48 Å². The normalized spacial score (nSPS) is 10.2. The number of carboxylic acid groups (broad SMARTS) is 1. The van der Waals surface area contributed by atoms with Gasteiger partial charge in [-0.3, -0.25) is 4.79 Å². The second kappa shape index (κ2) is 6.01. The molecule has 0 radical (unpaired) electrons. The number of nitrogens with zero attached hydrogens (tertiary/aromatic N) is 2. The van der Waals surface area contributed by atoms with Gasteiger partial charge in [0.25, 0.3) is 5.56 Å². The molecular weight excluding hydrogens is 260 g/mol. The predicted molar refractivity (Wildman–Crippen MR) is 72.1 cm³/mol. The van der Waals surface area contributed by atoms with E-state index in [1.807, 2.05) is 0 Å². The number of aromatic carboxylic acids is 1. The van der Waals surface area contributed by atoms with Crippen LogP contribution in [0.4, 0.5) is 0 Å². The summed E-state index contributed by atoms with van der Waals surface area (Å²) in [7, 11) is 0. The summed E-state index contributed by atoms with van der Waals surface area (Å²) in [5, 5.41) is 12.8. The molecule has 2 rings (SSSR count). The highest BCUT2D eigenvalue weighted by atomic mass is 16.5. The second-order valence-electron chi connectivity index (χ2n) is 4.27. The highest BCUT2D eigenvalue weighted by molar-refractivity contribution is 5.87. The van der Waals surface area contributed by atoms with Crippen LogP contribution in [0, 0.1) is 6.92 Å². The van der Waals surface area contributed by atoms with E-state index in [1.54, 1.807) is 25.3 Å². The molecule has 1 N–H and O–H groups in total. The van der Waals surface area contributed by atoms with Crippen molar-refractivity contribution < 1.29 is 14.6 Å². The Labute approximate surface area is 115 Å². The van der Waals surface area contributed by atoms with E-state index in [9.17, 15) is 9.59 Å². The minimum atomic E-state index is -0.980. The summed E-state index contributed by atoms with van der Waals surface area (Å²) >= 11 is 0. The lowest BCUT2D eigenvalue weighted by Crippen LogP contribution is -2.25. The smallest absolute Gasteiger partial charge is 0.335 e. The van der Waals surface area contributed by atoms with Gasteiger partial charge in [0.15, 0.2) is 0 Å². The van der Waals surface area contributed by atoms with E-state index in [0.29, 0.717) is 12.3 Å².